The topological polar surface area (TPSA) is 90.6 Å². The quantitative estimate of drug-likeness (QED) is 0.535. The number of rotatable bonds is 6. The van der Waals surface area contributed by atoms with Gasteiger partial charge < -0.3 is 18.8 Å². The second-order valence-corrected chi connectivity index (χ2v) is 6.44. The number of aromatic hydroxyl groups is 1. The first-order chi connectivity index (χ1) is 14.1. The predicted octanol–water partition coefficient (Wildman–Crippen LogP) is 3.90. The second kappa shape index (κ2) is 7.44. The fourth-order valence-electron chi connectivity index (χ4n) is 3.40. The molecule has 0 bridgehead atoms. The third-order valence-corrected chi connectivity index (χ3v) is 4.57. The minimum Gasteiger partial charge on any atom is -0.479 e. The van der Waals surface area contributed by atoms with Gasteiger partial charge in [0.15, 0.2) is 0 Å². The monoisotopic (exact) mass is 392 g/mol. The summed E-state index contributed by atoms with van der Waals surface area (Å²) in [5.74, 6) is 0.338. The molecule has 2 heterocycles. The highest BCUT2D eigenvalue weighted by Crippen LogP contribution is 2.38. The van der Waals surface area contributed by atoms with Crippen LogP contribution in [0.1, 0.15) is 23.9 Å². The predicted molar refractivity (Wildman–Crippen MR) is 106 cm³/mol. The summed E-state index contributed by atoms with van der Waals surface area (Å²) in [7, 11) is 0. The first kappa shape index (κ1) is 18.8. The van der Waals surface area contributed by atoms with Crippen molar-refractivity contribution >= 4 is 0 Å². The van der Waals surface area contributed by atoms with Crippen molar-refractivity contribution in [2.75, 3.05) is 6.61 Å². The first-order valence-electron chi connectivity index (χ1n) is 9.22. The van der Waals surface area contributed by atoms with Crippen LogP contribution >= 0.6 is 0 Å². The maximum atomic E-state index is 12.7. The van der Waals surface area contributed by atoms with Crippen molar-refractivity contribution in [3.8, 4) is 17.4 Å². The van der Waals surface area contributed by atoms with Gasteiger partial charge in [-0.25, -0.2) is 4.98 Å². The maximum absolute atomic E-state index is 12.7. The molecular weight excluding hydrogens is 372 g/mol. The van der Waals surface area contributed by atoms with Crippen LogP contribution in [-0.2, 0) is 10.5 Å². The molecule has 4 aromatic rings. The van der Waals surface area contributed by atoms with E-state index in [0.29, 0.717) is 22.9 Å². The zero-order valence-corrected chi connectivity index (χ0v) is 16.0. The van der Waals surface area contributed by atoms with Crippen LogP contribution in [0.2, 0.25) is 0 Å². The van der Waals surface area contributed by atoms with E-state index in [2.05, 4.69) is 4.98 Å². The molecule has 4 rings (SSSR count). The molecule has 1 atom stereocenters. The molecule has 1 unspecified atom stereocenters. The van der Waals surface area contributed by atoms with Crippen molar-refractivity contribution in [3.05, 3.63) is 94.1 Å². The number of aryl methyl sites for hydroxylation is 1. The molecule has 29 heavy (non-hydrogen) atoms. The molecule has 0 fully saturated rings. The average Bonchev–Trinajstić information content (AvgIpc) is 3.29. The van der Waals surface area contributed by atoms with E-state index in [-0.39, 0.29) is 6.61 Å². The Morgan fingerprint density at radius 1 is 1.10 bits per heavy atom. The Bertz CT molecular complexity index is 1160. The number of benzene rings is 2. The maximum Gasteiger partial charge on any atom is 0.310 e. The van der Waals surface area contributed by atoms with Crippen molar-refractivity contribution < 1.29 is 18.8 Å². The first-order valence-corrected chi connectivity index (χ1v) is 9.22. The summed E-state index contributed by atoms with van der Waals surface area (Å²) in [6.07, 6.45) is 0. The zero-order valence-electron chi connectivity index (χ0n) is 16.0. The summed E-state index contributed by atoms with van der Waals surface area (Å²) in [6.45, 7) is 3.80. The van der Waals surface area contributed by atoms with E-state index in [1.807, 2.05) is 48.5 Å². The van der Waals surface area contributed by atoms with Gasteiger partial charge in [0.1, 0.15) is 11.5 Å². The van der Waals surface area contributed by atoms with Gasteiger partial charge in [-0.2, -0.15) is 0 Å². The molecule has 7 heteroatoms. The highest BCUT2D eigenvalue weighted by molar-refractivity contribution is 5.54. The molecule has 0 aliphatic heterocycles. The number of aromatic nitrogens is 2. The smallest absolute Gasteiger partial charge is 0.310 e. The molecule has 1 N–H and O–H groups in total. The third kappa shape index (κ3) is 3.15. The van der Waals surface area contributed by atoms with E-state index in [1.165, 1.54) is 0 Å². The summed E-state index contributed by atoms with van der Waals surface area (Å²) in [4.78, 5) is 17.3. The zero-order chi connectivity index (χ0) is 20.4. The Hall–Kier alpha value is -3.58. The third-order valence-electron chi connectivity index (χ3n) is 4.57. The van der Waals surface area contributed by atoms with Crippen LogP contribution in [0.3, 0.4) is 0 Å². The Kier molecular flexibility index (Phi) is 4.82. The van der Waals surface area contributed by atoms with Gasteiger partial charge in [-0.05, 0) is 26.0 Å². The van der Waals surface area contributed by atoms with Crippen LogP contribution in [0.5, 0.6) is 5.95 Å². The lowest BCUT2D eigenvalue weighted by molar-refractivity contribution is -0.0917. The number of ether oxygens (including phenoxy) is 1. The van der Waals surface area contributed by atoms with Crippen molar-refractivity contribution in [3.63, 3.8) is 0 Å². The summed E-state index contributed by atoms with van der Waals surface area (Å²) in [6, 6.07) is 19.5. The standard InChI is InChI=1S/C22H20N2O5/c1-3-27-22(17-12-8-5-9-13-17,24-18(25)14-19(26)29-24)20-15(2)28-21(23-20)16-10-6-4-7-11-16/h4-14,26H,3H2,1-2H3. The fourth-order valence-corrected chi connectivity index (χ4v) is 3.40. The molecule has 0 saturated carbocycles. The number of hydrogen-bond donors (Lipinski definition) is 1. The van der Waals surface area contributed by atoms with E-state index < -0.39 is 17.2 Å². The average molecular weight is 392 g/mol. The van der Waals surface area contributed by atoms with Crippen LogP contribution in [0.15, 0.2) is 80.5 Å². The van der Waals surface area contributed by atoms with Gasteiger partial charge in [0.25, 0.3) is 11.3 Å². The molecule has 2 aromatic heterocycles. The van der Waals surface area contributed by atoms with Gasteiger partial charge in [0.2, 0.25) is 5.89 Å². The highest BCUT2D eigenvalue weighted by atomic mass is 16.6. The fraction of sp³-hybridized carbons (Fsp3) is 0.182. The lowest BCUT2D eigenvalue weighted by Crippen LogP contribution is -2.44. The normalized spacial score (nSPS) is 13.3. The minimum atomic E-state index is -1.55. The summed E-state index contributed by atoms with van der Waals surface area (Å²) in [5, 5.41) is 9.82. The van der Waals surface area contributed by atoms with E-state index in [4.69, 9.17) is 13.7 Å². The van der Waals surface area contributed by atoms with Crippen molar-refractivity contribution in [2.24, 2.45) is 0 Å². The van der Waals surface area contributed by atoms with Gasteiger partial charge >= 0.3 is 5.95 Å². The van der Waals surface area contributed by atoms with Crippen molar-refractivity contribution in [2.45, 2.75) is 19.6 Å². The van der Waals surface area contributed by atoms with E-state index in [0.717, 1.165) is 16.4 Å². The van der Waals surface area contributed by atoms with Gasteiger partial charge in [0.05, 0.1) is 6.07 Å². The van der Waals surface area contributed by atoms with E-state index in [1.54, 1.807) is 26.0 Å². The molecular formula is C22H20N2O5. The summed E-state index contributed by atoms with van der Waals surface area (Å²) < 4.78 is 18.4. The Balaban J connectivity index is 2.03. The van der Waals surface area contributed by atoms with Crippen LogP contribution < -0.4 is 5.56 Å². The van der Waals surface area contributed by atoms with Crippen LogP contribution in [0.25, 0.3) is 11.5 Å². The molecule has 0 aliphatic carbocycles. The van der Waals surface area contributed by atoms with Crippen LogP contribution in [0.4, 0.5) is 0 Å². The molecule has 0 aliphatic rings. The molecule has 148 valence electrons. The summed E-state index contributed by atoms with van der Waals surface area (Å²) >= 11 is 0. The summed E-state index contributed by atoms with van der Waals surface area (Å²) in [5.41, 5.74) is -0.358. The van der Waals surface area contributed by atoms with E-state index in [9.17, 15) is 9.90 Å². The number of hydrogen-bond acceptors (Lipinski definition) is 6. The number of nitrogens with zero attached hydrogens (tertiary/aromatic N) is 2. The van der Waals surface area contributed by atoms with Gasteiger partial charge in [-0.15, -0.1) is 4.74 Å². The lowest BCUT2D eigenvalue weighted by Gasteiger charge is -2.31. The molecule has 0 radical (unpaired) electrons. The SMILES string of the molecule is CCOC(c1ccccc1)(c1nc(-c2ccccc2)oc1C)n1oc(O)cc1=O. The molecule has 0 saturated heterocycles. The molecule has 2 aromatic carbocycles. The number of oxazole rings is 1. The second-order valence-electron chi connectivity index (χ2n) is 6.44. The Morgan fingerprint density at radius 3 is 2.34 bits per heavy atom. The van der Waals surface area contributed by atoms with Crippen LogP contribution in [0, 0.1) is 6.92 Å². The van der Waals surface area contributed by atoms with Gasteiger partial charge in [-0.1, -0.05) is 48.5 Å². The minimum absolute atomic E-state index is 0.246. The molecule has 7 nitrogen and oxygen atoms in total. The molecule has 0 spiro atoms. The van der Waals surface area contributed by atoms with Gasteiger partial charge in [-0.3, -0.25) is 4.79 Å². The Morgan fingerprint density at radius 2 is 1.76 bits per heavy atom. The van der Waals surface area contributed by atoms with Gasteiger partial charge in [0, 0.05) is 17.7 Å². The lowest BCUT2D eigenvalue weighted by atomic mass is 9.98. The van der Waals surface area contributed by atoms with E-state index >= 15 is 0 Å². The highest BCUT2D eigenvalue weighted by Gasteiger charge is 2.45. The van der Waals surface area contributed by atoms with Crippen molar-refractivity contribution in [1.82, 2.24) is 9.72 Å². The molecule has 0 amide bonds. The van der Waals surface area contributed by atoms with Crippen molar-refractivity contribution in [1.29, 1.82) is 0 Å². The Labute approximate surface area is 166 Å². The largest absolute Gasteiger partial charge is 0.479 e. The van der Waals surface area contributed by atoms with Crippen LogP contribution in [-0.4, -0.2) is 21.4 Å².